The average Bonchev–Trinajstić information content (AvgIpc) is 2.85. The molecule has 1 heterocycles. The van der Waals surface area contributed by atoms with E-state index in [0.29, 0.717) is 18.6 Å². The molecule has 2 N–H and O–H groups in total. The van der Waals surface area contributed by atoms with Crippen LogP contribution in [0.4, 0.5) is 0 Å². The summed E-state index contributed by atoms with van der Waals surface area (Å²) in [6.45, 7) is 1.60. The number of ether oxygens (including phenoxy) is 2. The first-order valence-corrected chi connectivity index (χ1v) is 5.17. The number of hydrogen-bond acceptors (Lipinski definition) is 3. The second kappa shape index (κ2) is 3.56. The van der Waals surface area contributed by atoms with Gasteiger partial charge in [-0.1, -0.05) is 0 Å². The maximum absolute atomic E-state index is 5.90. The van der Waals surface area contributed by atoms with Gasteiger partial charge in [0.25, 0.3) is 0 Å². The molecule has 1 saturated carbocycles. The summed E-state index contributed by atoms with van der Waals surface area (Å²) in [6.07, 6.45) is 4.68. The number of rotatable bonds is 3. The first-order chi connectivity index (χ1) is 6.28. The zero-order valence-corrected chi connectivity index (χ0v) is 8.29. The molecule has 1 unspecified atom stereocenters. The van der Waals surface area contributed by atoms with Crippen molar-refractivity contribution in [3.05, 3.63) is 0 Å². The fourth-order valence-electron chi connectivity index (χ4n) is 2.45. The summed E-state index contributed by atoms with van der Waals surface area (Å²) in [5, 5.41) is 0. The molecule has 2 aliphatic rings. The minimum atomic E-state index is -0.0353. The molecule has 0 spiro atoms. The van der Waals surface area contributed by atoms with Crippen molar-refractivity contribution >= 4 is 0 Å². The van der Waals surface area contributed by atoms with Gasteiger partial charge < -0.3 is 15.2 Å². The monoisotopic (exact) mass is 185 g/mol. The third-order valence-electron chi connectivity index (χ3n) is 3.29. The van der Waals surface area contributed by atoms with Gasteiger partial charge in [-0.3, -0.25) is 0 Å². The van der Waals surface area contributed by atoms with E-state index in [1.807, 2.05) is 0 Å². The summed E-state index contributed by atoms with van der Waals surface area (Å²) < 4.78 is 11.1. The average molecular weight is 185 g/mol. The van der Waals surface area contributed by atoms with E-state index in [1.54, 1.807) is 7.11 Å². The van der Waals surface area contributed by atoms with Crippen LogP contribution < -0.4 is 5.73 Å². The van der Waals surface area contributed by atoms with Crippen LogP contribution in [0, 0.1) is 5.92 Å². The van der Waals surface area contributed by atoms with Crippen LogP contribution in [-0.2, 0) is 9.47 Å². The lowest BCUT2D eigenvalue weighted by Crippen LogP contribution is -2.44. The Hall–Kier alpha value is -0.120. The largest absolute Gasteiger partial charge is 0.382 e. The first-order valence-electron chi connectivity index (χ1n) is 5.17. The third kappa shape index (κ3) is 1.73. The van der Waals surface area contributed by atoms with Crippen molar-refractivity contribution in [3.8, 4) is 0 Å². The van der Waals surface area contributed by atoms with E-state index in [9.17, 15) is 0 Å². The van der Waals surface area contributed by atoms with Gasteiger partial charge in [-0.2, -0.15) is 0 Å². The van der Waals surface area contributed by atoms with E-state index in [4.69, 9.17) is 15.2 Å². The SMILES string of the molecule is COCC1([C@@H]2C[C@H]2N)CCCCO1. The van der Waals surface area contributed by atoms with Crippen molar-refractivity contribution in [1.29, 1.82) is 0 Å². The fourth-order valence-corrected chi connectivity index (χ4v) is 2.45. The van der Waals surface area contributed by atoms with E-state index in [2.05, 4.69) is 0 Å². The van der Waals surface area contributed by atoms with E-state index in [1.165, 1.54) is 12.8 Å². The Kier molecular flexibility index (Phi) is 2.58. The number of nitrogens with two attached hydrogens (primary N) is 1. The Labute approximate surface area is 79.6 Å². The Bertz CT molecular complexity index is 172. The van der Waals surface area contributed by atoms with Crippen LogP contribution in [0.15, 0.2) is 0 Å². The van der Waals surface area contributed by atoms with Crippen LogP contribution in [0.5, 0.6) is 0 Å². The molecule has 1 saturated heterocycles. The van der Waals surface area contributed by atoms with Crippen LogP contribution in [0.1, 0.15) is 25.7 Å². The highest BCUT2D eigenvalue weighted by atomic mass is 16.5. The van der Waals surface area contributed by atoms with E-state index in [-0.39, 0.29) is 5.60 Å². The van der Waals surface area contributed by atoms with Crippen molar-refractivity contribution in [2.75, 3.05) is 20.3 Å². The van der Waals surface area contributed by atoms with Crippen LogP contribution >= 0.6 is 0 Å². The second-order valence-corrected chi connectivity index (χ2v) is 4.31. The smallest absolute Gasteiger partial charge is 0.0957 e. The molecule has 0 aromatic carbocycles. The Morgan fingerprint density at radius 2 is 2.31 bits per heavy atom. The van der Waals surface area contributed by atoms with Gasteiger partial charge in [0.2, 0.25) is 0 Å². The summed E-state index contributed by atoms with van der Waals surface area (Å²) in [7, 11) is 1.74. The highest BCUT2D eigenvalue weighted by molar-refractivity contribution is 5.05. The predicted octanol–water partition coefficient (Wildman–Crippen LogP) is 0.919. The zero-order valence-electron chi connectivity index (χ0n) is 8.29. The number of hydrogen-bond donors (Lipinski definition) is 1. The molecule has 3 atom stereocenters. The van der Waals surface area contributed by atoms with Gasteiger partial charge in [0.15, 0.2) is 0 Å². The van der Waals surface area contributed by atoms with Gasteiger partial charge in [-0.05, 0) is 25.7 Å². The molecule has 0 bridgehead atoms. The van der Waals surface area contributed by atoms with Crippen molar-refractivity contribution in [3.63, 3.8) is 0 Å². The summed E-state index contributed by atoms with van der Waals surface area (Å²) in [5.41, 5.74) is 5.84. The fraction of sp³-hybridized carbons (Fsp3) is 1.00. The van der Waals surface area contributed by atoms with Crippen LogP contribution in [0.3, 0.4) is 0 Å². The topological polar surface area (TPSA) is 44.5 Å². The molecule has 0 aromatic rings. The molecular formula is C10H19NO2. The molecule has 1 aliphatic heterocycles. The van der Waals surface area contributed by atoms with E-state index >= 15 is 0 Å². The molecular weight excluding hydrogens is 166 g/mol. The second-order valence-electron chi connectivity index (χ2n) is 4.31. The molecule has 1 aliphatic carbocycles. The summed E-state index contributed by atoms with van der Waals surface area (Å²) in [5.74, 6) is 0.549. The maximum atomic E-state index is 5.90. The molecule has 2 fully saturated rings. The van der Waals surface area contributed by atoms with Gasteiger partial charge in [0.05, 0.1) is 12.2 Å². The Morgan fingerprint density at radius 1 is 1.54 bits per heavy atom. The van der Waals surface area contributed by atoms with Gasteiger partial charge in [0.1, 0.15) is 0 Å². The zero-order chi connectivity index (χ0) is 9.31. The minimum absolute atomic E-state index is 0.0353. The molecule has 0 amide bonds. The van der Waals surface area contributed by atoms with Gasteiger partial charge in [0, 0.05) is 25.7 Å². The van der Waals surface area contributed by atoms with Crippen LogP contribution in [0.25, 0.3) is 0 Å². The lowest BCUT2D eigenvalue weighted by Gasteiger charge is -2.37. The van der Waals surface area contributed by atoms with Crippen LogP contribution in [0.2, 0.25) is 0 Å². The van der Waals surface area contributed by atoms with Crippen molar-refractivity contribution in [2.24, 2.45) is 11.7 Å². The molecule has 76 valence electrons. The lowest BCUT2D eigenvalue weighted by atomic mass is 9.89. The van der Waals surface area contributed by atoms with Crippen molar-refractivity contribution < 1.29 is 9.47 Å². The lowest BCUT2D eigenvalue weighted by molar-refractivity contribution is -0.129. The standard InChI is InChI=1S/C10H19NO2/c1-12-7-10(8-6-9(8)11)4-2-3-5-13-10/h8-9H,2-7,11H2,1H3/t8-,9-,10?/m1/s1. The van der Waals surface area contributed by atoms with Gasteiger partial charge in [-0.25, -0.2) is 0 Å². The number of methoxy groups -OCH3 is 1. The van der Waals surface area contributed by atoms with Crippen molar-refractivity contribution in [2.45, 2.75) is 37.3 Å². The molecule has 0 radical (unpaired) electrons. The summed E-state index contributed by atoms with van der Waals surface area (Å²) in [6, 6.07) is 0.355. The molecule has 13 heavy (non-hydrogen) atoms. The molecule has 0 aromatic heterocycles. The highest BCUT2D eigenvalue weighted by Crippen LogP contribution is 2.45. The quantitative estimate of drug-likeness (QED) is 0.711. The van der Waals surface area contributed by atoms with Gasteiger partial charge >= 0.3 is 0 Å². The first kappa shape index (κ1) is 9.44. The highest BCUT2D eigenvalue weighted by Gasteiger charge is 2.52. The third-order valence-corrected chi connectivity index (χ3v) is 3.29. The molecule has 2 rings (SSSR count). The van der Waals surface area contributed by atoms with Crippen LogP contribution in [-0.4, -0.2) is 32.0 Å². The van der Waals surface area contributed by atoms with Crippen molar-refractivity contribution in [1.82, 2.24) is 0 Å². The van der Waals surface area contributed by atoms with E-state index in [0.717, 1.165) is 19.4 Å². The minimum Gasteiger partial charge on any atom is -0.382 e. The molecule has 3 heteroatoms. The van der Waals surface area contributed by atoms with E-state index < -0.39 is 0 Å². The Balaban J connectivity index is 2.00. The summed E-state index contributed by atoms with van der Waals surface area (Å²) in [4.78, 5) is 0. The maximum Gasteiger partial charge on any atom is 0.0957 e. The Morgan fingerprint density at radius 3 is 2.77 bits per heavy atom. The van der Waals surface area contributed by atoms with Gasteiger partial charge in [-0.15, -0.1) is 0 Å². The normalized spacial score (nSPS) is 44.8. The predicted molar refractivity (Wildman–Crippen MR) is 50.5 cm³/mol. The summed E-state index contributed by atoms with van der Waals surface area (Å²) >= 11 is 0. The molecule has 3 nitrogen and oxygen atoms in total.